The summed E-state index contributed by atoms with van der Waals surface area (Å²) in [5, 5.41) is 4.49. The van der Waals surface area contributed by atoms with Crippen molar-refractivity contribution in [2.24, 2.45) is 0 Å². The summed E-state index contributed by atoms with van der Waals surface area (Å²) in [5.41, 5.74) is 2.02. The lowest BCUT2D eigenvalue weighted by Gasteiger charge is -2.23. The largest absolute Gasteiger partial charge is 0.465 e. The summed E-state index contributed by atoms with van der Waals surface area (Å²) in [6.07, 6.45) is 3.09. The van der Waals surface area contributed by atoms with Crippen molar-refractivity contribution >= 4 is 22.3 Å². The Morgan fingerprint density at radius 3 is 2.65 bits per heavy atom. The standard InChI is InChI=1S/C15H24N2O2S/c1-4-8-17(9-5-2)14-13(15(18)19-3)11-6-7-16-10-12(11)20-14/h16H,4-10H2,1-3H3. The van der Waals surface area contributed by atoms with E-state index in [1.165, 1.54) is 17.6 Å². The summed E-state index contributed by atoms with van der Waals surface area (Å²) in [6, 6.07) is 0. The molecule has 0 atom stereocenters. The fraction of sp³-hybridized carbons (Fsp3) is 0.667. The molecule has 1 aliphatic heterocycles. The van der Waals surface area contributed by atoms with E-state index < -0.39 is 0 Å². The predicted molar refractivity (Wildman–Crippen MR) is 83.9 cm³/mol. The first-order valence-electron chi connectivity index (χ1n) is 7.41. The molecule has 1 aliphatic rings. The average molecular weight is 296 g/mol. The molecule has 112 valence electrons. The Labute approximate surface area is 125 Å². The van der Waals surface area contributed by atoms with Gasteiger partial charge in [-0.1, -0.05) is 13.8 Å². The molecule has 0 saturated carbocycles. The Bertz CT molecular complexity index is 465. The molecule has 1 aromatic heterocycles. The van der Waals surface area contributed by atoms with Gasteiger partial charge in [0.2, 0.25) is 0 Å². The van der Waals surface area contributed by atoms with Crippen molar-refractivity contribution in [1.29, 1.82) is 0 Å². The molecule has 0 fully saturated rings. The highest BCUT2D eigenvalue weighted by Gasteiger charge is 2.28. The fourth-order valence-corrected chi connectivity index (χ4v) is 4.07. The third-order valence-corrected chi connectivity index (χ3v) is 4.87. The van der Waals surface area contributed by atoms with E-state index >= 15 is 0 Å². The Morgan fingerprint density at radius 2 is 2.05 bits per heavy atom. The maximum absolute atomic E-state index is 12.2. The van der Waals surface area contributed by atoms with E-state index in [-0.39, 0.29) is 5.97 Å². The minimum Gasteiger partial charge on any atom is -0.465 e. The summed E-state index contributed by atoms with van der Waals surface area (Å²) < 4.78 is 5.03. The van der Waals surface area contributed by atoms with Crippen LogP contribution in [0.25, 0.3) is 0 Å². The van der Waals surface area contributed by atoms with Gasteiger partial charge < -0.3 is 15.0 Å². The number of nitrogens with zero attached hydrogens (tertiary/aromatic N) is 1. The molecule has 0 saturated heterocycles. The van der Waals surface area contributed by atoms with Crippen molar-refractivity contribution in [3.05, 3.63) is 16.0 Å². The first-order valence-corrected chi connectivity index (χ1v) is 8.23. The Balaban J connectivity index is 2.44. The molecule has 0 bridgehead atoms. The fourth-order valence-electron chi connectivity index (χ4n) is 2.71. The number of anilines is 1. The minimum atomic E-state index is -0.184. The average Bonchev–Trinajstić information content (AvgIpc) is 2.85. The molecule has 20 heavy (non-hydrogen) atoms. The lowest BCUT2D eigenvalue weighted by Crippen LogP contribution is -2.26. The van der Waals surface area contributed by atoms with E-state index in [1.807, 2.05) is 0 Å². The van der Waals surface area contributed by atoms with E-state index in [4.69, 9.17) is 4.74 Å². The molecule has 1 aromatic rings. The number of thiophene rings is 1. The highest BCUT2D eigenvalue weighted by atomic mass is 32.1. The summed E-state index contributed by atoms with van der Waals surface area (Å²) in [5.74, 6) is -0.184. The number of carbonyl (C=O) groups is 1. The van der Waals surface area contributed by atoms with Crippen LogP contribution in [0.2, 0.25) is 0 Å². The summed E-state index contributed by atoms with van der Waals surface area (Å²) >= 11 is 1.76. The van der Waals surface area contributed by atoms with Gasteiger partial charge in [-0.25, -0.2) is 4.79 Å². The van der Waals surface area contributed by atoms with Crippen molar-refractivity contribution in [2.75, 3.05) is 31.6 Å². The van der Waals surface area contributed by atoms with Crippen LogP contribution in [0, 0.1) is 0 Å². The van der Waals surface area contributed by atoms with Crippen LogP contribution in [0.1, 0.15) is 47.5 Å². The van der Waals surface area contributed by atoms with Crippen molar-refractivity contribution < 1.29 is 9.53 Å². The van der Waals surface area contributed by atoms with Crippen LogP contribution in [0.15, 0.2) is 0 Å². The van der Waals surface area contributed by atoms with Gasteiger partial charge in [0.05, 0.1) is 12.7 Å². The van der Waals surface area contributed by atoms with Crippen LogP contribution in [0.4, 0.5) is 5.00 Å². The number of hydrogen-bond donors (Lipinski definition) is 1. The SMILES string of the molecule is CCCN(CCC)c1sc2c(c1C(=O)OC)CCNC2. The van der Waals surface area contributed by atoms with Crippen LogP contribution >= 0.6 is 11.3 Å². The lowest BCUT2D eigenvalue weighted by atomic mass is 10.0. The molecule has 5 heteroatoms. The van der Waals surface area contributed by atoms with Gasteiger partial charge in [-0.05, 0) is 31.4 Å². The maximum atomic E-state index is 12.2. The van der Waals surface area contributed by atoms with Gasteiger partial charge in [-0.3, -0.25) is 0 Å². The number of hydrogen-bond acceptors (Lipinski definition) is 5. The maximum Gasteiger partial charge on any atom is 0.341 e. The molecule has 0 spiro atoms. The first-order chi connectivity index (χ1) is 9.72. The van der Waals surface area contributed by atoms with Gasteiger partial charge in [0, 0.05) is 24.5 Å². The second kappa shape index (κ2) is 7.09. The molecule has 0 aromatic carbocycles. The second-order valence-electron chi connectivity index (χ2n) is 5.09. The quantitative estimate of drug-likeness (QED) is 0.820. The van der Waals surface area contributed by atoms with Crippen LogP contribution in [-0.2, 0) is 17.7 Å². The lowest BCUT2D eigenvalue weighted by molar-refractivity contribution is 0.0600. The van der Waals surface area contributed by atoms with E-state index in [9.17, 15) is 4.79 Å². The molecule has 2 rings (SSSR count). The van der Waals surface area contributed by atoms with Gasteiger partial charge in [-0.15, -0.1) is 11.3 Å². The normalized spacial score (nSPS) is 13.9. The van der Waals surface area contributed by atoms with Crippen LogP contribution in [0.3, 0.4) is 0 Å². The number of ether oxygens (including phenoxy) is 1. The zero-order valence-electron chi connectivity index (χ0n) is 12.6. The monoisotopic (exact) mass is 296 g/mol. The predicted octanol–water partition coefficient (Wildman–Crippen LogP) is 2.81. The van der Waals surface area contributed by atoms with Gasteiger partial charge in [0.15, 0.2) is 0 Å². The van der Waals surface area contributed by atoms with Crippen LogP contribution < -0.4 is 10.2 Å². The van der Waals surface area contributed by atoms with E-state index in [2.05, 4.69) is 24.1 Å². The minimum absolute atomic E-state index is 0.184. The number of esters is 1. The van der Waals surface area contributed by atoms with E-state index in [1.54, 1.807) is 11.3 Å². The topological polar surface area (TPSA) is 41.6 Å². The van der Waals surface area contributed by atoms with Crippen LogP contribution in [-0.4, -0.2) is 32.7 Å². The van der Waals surface area contributed by atoms with Crippen LogP contribution in [0.5, 0.6) is 0 Å². The third-order valence-electron chi connectivity index (χ3n) is 3.57. The number of methoxy groups -OCH3 is 1. The second-order valence-corrected chi connectivity index (χ2v) is 6.17. The summed E-state index contributed by atoms with van der Waals surface area (Å²) in [7, 11) is 1.47. The molecule has 0 radical (unpaired) electrons. The molecule has 4 nitrogen and oxygen atoms in total. The molecule has 0 aliphatic carbocycles. The van der Waals surface area contributed by atoms with Crippen molar-refractivity contribution in [2.45, 2.75) is 39.7 Å². The first kappa shape index (κ1) is 15.3. The van der Waals surface area contributed by atoms with Crippen molar-refractivity contribution in [3.8, 4) is 0 Å². The Morgan fingerprint density at radius 1 is 1.35 bits per heavy atom. The Hall–Kier alpha value is -1.07. The highest BCUT2D eigenvalue weighted by molar-refractivity contribution is 7.16. The van der Waals surface area contributed by atoms with Gasteiger partial charge >= 0.3 is 5.97 Å². The number of nitrogens with one attached hydrogen (secondary N) is 1. The summed E-state index contributed by atoms with van der Waals surface area (Å²) in [4.78, 5) is 15.9. The molecule has 2 heterocycles. The van der Waals surface area contributed by atoms with Gasteiger partial charge in [0.1, 0.15) is 5.00 Å². The molecule has 0 amide bonds. The summed E-state index contributed by atoms with van der Waals surface area (Å²) in [6.45, 7) is 8.14. The van der Waals surface area contributed by atoms with Gasteiger partial charge in [0.25, 0.3) is 0 Å². The molecular weight excluding hydrogens is 272 g/mol. The smallest absolute Gasteiger partial charge is 0.341 e. The third kappa shape index (κ3) is 2.99. The number of rotatable bonds is 6. The number of carbonyl (C=O) groups excluding carboxylic acids is 1. The van der Waals surface area contributed by atoms with E-state index in [0.717, 1.165) is 56.0 Å². The number of fused-ring (bicyclic) bond motifs is 1. The van der Waals surface area contributed by atoms with E-state index in [0.29, 0.717) is 0 Å². The molecular formula is C15H24N2O2S. The van der Waals surface area contributed by atoms with Gasteiger partial charge in [-0.2, -0.15) is 0 Å². The molecule has 1 N–H and O–H groups in total. The highest BCUT2D eigenvalue weighted by Crippen LogP contribution is 2.38. The van der Waals surface area contributed by atoms with Crippen molar-refractivity contribution in [3.63, 3.8) is 0 Å². The zero-order valence-corrected chi connectivity index (χ0v) is 13.4. The molecule has 0 unspecified atom stereocenters. The van der Waals surface area contributed by atoms with Crippen molar-refractivity contribution in [1.82, 2.24) is 5.32 Å². The Kier molecular flexibility index (Phi) is 5.43. The zero-order chi connectivity index (χ0) is 14.5.